The SMILES string of the molecule is Cl.O=C(NCC1(c2cccc(Cl)c2)CCCC1)C1CNCCO1. The van der Waals surface area contributed by atoms with Crippen LogP contribution in [0.1, 0.15) is 31.2 Å². The largest absolute Gasteiger partial charge is 0.366 e. The highest BCUT2D eigenvalue weighted by Gasteiger charge is 2.36. The molecule has 1 saturated carbocycles. The molecule has 0 aromatic heterocycles. The first kappa shape index (κ1) is 18.5. The molecule has 1 aromatic rings. The van der Waals surface area contributed by atoms with Gasteiger partial charge in [-0.15, -0.1) is 12.4 Å². The van der Waals surface area contributed by atoms with E-state index in [9.17, 15) is 4.79 Å². The van der Waals surface area contributed by atoms with Gasteiger partial charge in [0.05, 0.1) is 6.61 Å². The number of hydrogen-bond acceptors (Lipinski definition) is 3. The minimum absolute atomic E-state index is 0. The zero-order valence-corrected chi connectivity index (χ0v) is 14.7. The van der Waals surface area contributed by atoms with Gasteiger partial charge >= 0.3 is 0 Å². The fourth-order valence-corrected chi connectivity index (χ4v) is 3.73. The Hall–Kier alpha value is -0.810. The van der Waals surface area contributed by atoms with E-state index in [-0.39, 0.29) is 29.8 Å². The van der Waals surface area contributed by atoms with E-state index in [0.29, 0.717) is 19.7 Å². The van der Waals surface area contributed by atoms with Crippen LogP contribution in [0.4, 0.5) is 0 Å². The molecule has 1 aliphatic carbocycles. The van der Waals surface area contributed by atoms with Crippen LogP contribution in [0.25, 0.3) is 0 Å². The average Bonchev–Trinajstić information content (AvgIpc) is 3.04. The van der Waals surface area contributed by atoms with Crippen molar-refractivity contribution in [2.45, 2.75) is 37.2 Å². The van der Waals surface area contributed by atoms with Crippen LogP contribution in [-0.2, 0) is 14.9 Å². The molecule has 128 valence electrons. The lowest BCUT2D eigenvalue weighted by Gasteiger charge is -2.31. The van der Waals surface area contributed by atoms with Gasteiger partial charge in [-0.2, -0.15) is 0 Å². The second kappa shape index (κ2) is 8.34. The van der Waals surface area contributed by atoms with E-state index in [2.05, 4.69) is 16.7 Å². The second-order valence-electron chi connectivity index (χ2n) is 6.28. The average molecular weight is 359 g/mol. The summed E-state index contributed by atoms with van der Waals surface area (Å²) < 4.78 is 5.52. The van der Waals surface area contributed by atoms with Crippen LogP contribution in [0.15, 0.2) is 24.3 Å². The predicted molar refractivity (Wildman–Crippen MR) is 94.5 cm³/mol. The van der Waals surface area contributed by atoms with Gasteiger partial charge in [0.15, 0.2) is 0 Å². The quantitative estimate of drug-likeness (QED) is 0.869. The van der Waals surface area contributed by atoms with Crippen LogP contribution >= 0.6 is 24.0 Å². The Morgan fingerprint density at radius 3 is 2.83 bits per heavy atom. The van der Waals surface area contributed by atoms with Gasteiger partial charge in [-0.05, 0) is 30.5 Å². The van der Waals surface area contributed by atoms with E-state index in [4.69, 9.17) is 16.3 Å². The minimum atomic E-state index is -0.369. The molecule has 1 amide bonds. The number of carbonyl (C=O) groups excluding carboxylic acids is 1. The lowest BCUT2D eigenvalue weighted by molar-refractivity contribution is -0.134. The summed E-state index contributed by atoms with van der Waals surface area (Å²) in [5.74, 6) is -0.0134. The Kier molecular flexibility index (Phi) is 6.72. The molecule has 0 spiro atoms. The third-order valence-corrected chi connectivity index (χ3v) is 5.05. The maximum atomic E-state index is 12.3. The molecule has 4 nitrogen and oxygen atoms in total. The highest BCUT2D eigenvalue weighted by atomic mass is 35.5. The van der Waals surface area contributed by atoms with E-state index >= 15 is 0 Å². The number of amides is 1. The van der Waals surface area contributed by atoms with Crippen molar-refractivity contribution in [1.29, 1.82) is 0 Å². The number of morpholine rings is 1. The molecule has 2 fully saturated rings. The van der Waals surface area contributed by atoms with Crippen molar-refractivity contribution in [3.05, 3.63) is 34.9 Å². The van der Waals surface area contributed by atoms with E-state index in [1.165, 1.54) is 18.4 Å². The standard InChI is InChI=1S/C17H23ClN2O2.ClH/c18-14-5-3-4-13(10-14)17(6-1-2-7-17)12-20-16(21)15-11-19-8-9-22-15;/h3-5,10,15,19H,1-2,6-9,11-12H2,(H,20,21);1H. The molecule has 1 saturated heterocycles. The van der Waals surface area contributed by atoms with Gasteiger partial charge in [-0.25, -0.2) is 0 Å². The number of carbonyl (C=O) groups is 1. The number of ether oxygens (including phenoxy) is 1. The number of hydrogen-bond donors (Lipinski definition) is 2. The maximum Gasteiger partial charge on any atom is 0.250 e. The molecule has 1 heterocycles. The Bertz CT molecular complexity index is 527. The summed E-state index contributed by atoms with van der Waals surface area (Å²) in [5, 5.41) is 7.05. The Balaban J connectivity index is 0.00000192. The molecule has 0 bridgehead atoms. The fraction of sp³-hybridized carbons (Fsp3) is 0.588. The summed E-state index contributed by atoms with van der Waals surface area (Å²) in [5.41, 5.74) is 1.25. The van der Waals surface area contributed by atoms with Crippen LogP contribution in [0.2, 0.25) is 5.02 Å². The Labute approximate surface area is 148 Å². The van der Waals surface area contributed by atoms with Gasteiger partial charge in [0.25, 0.3) is 0 Å². The number of rotatable bonds is 4. The van der Waals surface area contributed by atoms with Gasteiger partial charge in [0.1, 0.15) is 6.10 Å². The first-order valence-electron chi connectivity index (χ1n) is 8.06. The first-order chi connectivity index (χ1) is 10.7. The number of halogens is 2. The number of nitrogens with one attached hydrogen (secondary N) is 2. The van der Waals surface area contributed by atoms with Gasteiger partial charge in [-0.3, -0.25) is 4.79 Å². The summed E-state index contributed by atoms with van der Waals surface area (Å²) in [7, 11) is 0. The minimum Gasteiger partial charge on any atom is -0.366 e. The zero-order chi connectivity index (χ0) is 15.4. The highest BCUT2D eigenvalue weighted by molar-refractivity contribution is 6.30. The van der Waals surface area contributed by atoms with Crippen LogP contribution < -0.4 is 10.6 Å². The Morgan fingerprint density at radius 1 is 1.39 bits per heavy atom. The van der Waals surface area contributed by atoms with Crippen molar-refractivity contribution in [2.24, 2.45) is 0 Å². The van der Waals surface area contributed by atoms with Crippen LogP contribution in [0.3, 0.4) is 0 Å². The van der Waals surface area contributed by atoms with Crippen molar-refractivity contribution in [1.82, 2.24) is 10.6 Å². The molecular formula is C17H24Cl2N2O2. The molecule has 1 aliphatic heterocycles. The lowest BCUT2D eigenvalue weighted by atomic mass is 9.79. The predicted octanol–water partition coefficient (Wildman–Crippen LogP) is 2.68. The Morgan fingerprint density at radius 2 is 2.17 bits per heavy atom. The van der Waals surface area contributed by atoms with Gasteiger partial charge < -0.3 is 15.4 Å². The van der Waals surface area contributed by atoms with E-state index < -0.39 is 0 Å². The van der Waals surface area contributed by atoms with Crippen molar-refractivity contribution >= 4 is 29.9 Å². The number of benzene rings is 1. The molecule has 0 radical (unpaired) electrons. The van der Waals surface area contributed by atoms with E-state index in [1.54, 1.807) is 0 Å². The van der Waals surface area contributed by atoms with Gasteiger partial charge in [-0.1, -0.05) is 36.6 Å². The van der Waals surface area contributed by atoms with Crippen LogP contribution in [0, 0.1) is 0 Å². The molecular weight excluding hydrogens is 335 g/mol. The molecule has 23 heavy (non-hydrogen) atoms. The van der Waals surface area contributed by atoms with Crippen molar-refractivity contribution in [3.8, 4) is 0 Å². The van der Waals surface area contributed by atoms with Crippen LogP contribution in [0.5, 0.6) is 0 Å². The van der Waals surface area contributed by atoms with Gasteiger partial charge in [0, 0.05) is 30.1 Å². The monoisotopic (exact) mass is 358 g/mol. The summed E-state index contributed by atoms with van der Waals surface area (Å²) in [6.07, 6.45) is 4.22. The summed E-state index contributed by atoms with van der Waals surface area (Å²) in [6, 6.07) is 8.06. The fourth-order valence-electron chi connectivity index (χ4n) is 3.54. The third-order valence-electron chi connectivity index (χ3n) is 4.82. The van der Waals surface area contributed by atoms with E-state index in [1.807, 2.05) is 18.2 Å². The maximum absolute atomic E-state index is 12.3. The highest BCUT2D eigenvalue weighted by Crippen LogP contribution is 2.41. The molecule has 3 rings (SSSR count). The summed E-state index contributed by atoms with van der Waals surface area (Å²) in [4.78, 5) is 12.3. The second-order valence-corrected chi connectivity index (χ2v) is 6.72. The first-order valence-corrected chi connectivity index (χ1v) is 8.44. The molecule has 1 atom stereocenters. The zero-order valence-electron chi connectivity index (χ0n) is 13.1. The molecule has 2 N–H and O–H groups in total. The van der Waals surface area contributed by atoms with Crippen LogP contribution in [-0.4, -0.2) is 38.3 Å². The summed E-state index contributed by atoms with van der Waals surface area (Å²) in [6.45, 7) is 2.66. The van der Waals surface area contributed by atoms with E-state index in [0.717, 1.165) is 24.4 Å². The van der Waals surface area contributed by atoms with Gasteiger partial charge in [0.2, 0.25) is 5.91 Å². The van der Waals surface area contributed by atoms with Crippen molar-refractivity contribution in [3.63, 3.8) is 0 Å². The van der Waals surface area contributed by atoms with Crippen molar-refractivity contribution in [2.75, 3.05) is 26.2 Å². The normalized spacial score (nSPS) is 23.1. The molecule has 6 heteroatoms. The van der Waals surface area contributed by atoms with Crippen molar-refractivity contribution < 1.29 is 9.53 Å². The molecule has 1 aromatic carbocycles. The molecule has 2 aliphatic rings. The smallest absolute Gasteiger partial charge is 0.250 e. The molecule has 1 unspecified atom stereocenters. The summed E-state index contributed by atoms with van der Waals surface area (Å²) >= 11 is 6.15. The lowest BCUT2D eigenvalue weighted by Crippen LogP contribution is -2.50. The third kappa shape index (κ3) is 4.38. The topological polar surface area (TPSA) is 50.4 Å².